The first-order valence-corrected chi connectivity index (χ1v) is 8.96. The van der Waals surface area contributed by atoms with Crippen molar-refractivity contribution in [3.05, 3.63) is 74.6 Å². The molecule has 0 amide bonds. The first kappa shape index (κ1) is 16.9. The number of halogens is 1. The molecule has 0 saturated carbocycles. The van der Waals surface area contributed by atoms with Gasteiger partial charge in [0.05, 0.1) is 5.02 Å². The lowest BCUT2D eigenvalue weighted by atomic mass is 10.1. The van der Waals surface area contributed by atoms with Crippen LogP contribution in [-0.4, -0.2) is 11.9 Å². The molecule has 0 fully saturated rings. The SMILES string of the molecule is C[C@H](Oc1cc2oc(=O)c3c(c2cc1Cl)CCC3)C(=O)c1ccccc1. The van der Waals surface area contributed by atoms with Crippen molar-refractivity contribution >= 4 is 28.4 Å². The number of hydrogen-bond donors (Lipinski definition) is 0. The van der Waals surface area contributed by atoms with Crippen molar-refractivity contribution in [1.29, 1.82) is 0 Å². The van der Waals surface area contributed by atoms with E-state index >= 15 is 0 Å². The van der Waals surface area contributed by atoms with Crippen molar-refractivity contribution in [2.75, 3.05) is 0 Å². The highest BCUT2D eigenvalue weighted by Crippen LogP contribution is 2.35. The number of benzene rings is 2. The van der Waals surface area contributed by atoms with Gasteiger partial charge in [-0.05, 0) is 37.8 Å². The van der Waals surface area contributed by atoms with Crippen LogP contribution in [0.4, 0.5) is 0 Å². The Morgan fingerprint density at radius 3 is 2.65 bits per heavy atom. The van der Waals surface area contributed by atoms with Crippen LogP contribution in [0, 0.1) is 0 Å². The average Bonchev–Trinajstić information content (AvgIpc) is 3.14. The zero-order valence-corrected chi connectivity index (χ0v) is 15.0. The fraction of sp³-hybridized carbons (Fsp3) is 0.238. The van der Waals surface area contributed by atoms with Crippen molar-refractivity contribution < 1.29 is 13.9 Å². The Balaban J connectivity index is 1.69. The monoisotopic (exact) mass is 368 g/mol. The number of rotatable bonds is 4. The zero-order chi connectivity index (χ0) is 18.3. The van der Waals surface area contributed by atoms with Crippen LogP contribution in [0.25, 0.3) is 11.0 Å². The molecule has 26 heavy (non-hydrogen) atoms. The summed E-state index contributed by atoms with van der Waals surface area (Å²) < 4.78 is 11.2. The summed E-state index contributed by atoms with van der Waals surface area (Å²) >= 11 is 6.38. The second-order valence-electron chi connectivity index (χ2n) is 6.47. The largest absolute Gasteiger partial charge is 0.481 e. The van der Waals surface area contributed by atoms with Gasteiger partial charge in [0.25, 0.3) is 0 Å². The van der Waals surface area contributed by atoms with E-state index in [1.54, 1.807) is 43.3 Å². The fourth-order valence-corrected chi connectivity index (χ4v) is 3.66. The van der Waals surface area contributed by atoms with Crippen molar-refractivity contribution in [2.45, 2.75) is 32.3 Å². The molecule has 4 rings (SSSR count). The van der Waals surface area contributed by atoms with Gasteiger partial charge in [-0.25, -0.2) is 4.79 Å². The van der Waals surface area contributed by atoms with Crippen molar-refractivity contribution in [1.82, 2.24) is 0 Å². The van der Waals surface area contributed by atoms with Crippen LogP contribution in [0.3, 0.4) is 0 Å². The minimum Gasteiger partial charge on any atom is -0.481 e. The van der Waals surface area contributed by atoms with Gasteiger partial charge in [0.1, 0.15) is 11.3 Å². The highest BCUT2D eigenvalue weighted by molar-refractivity contribution is 6.32. The van der Waals surface area contributed by atoms with Crippen molar-refractivity contribution in [3.63, 3.8) is 0 Å². The Labute approximate surface area is 155 Å². The molecule has 1 aliphatic rings. The van der Waals surface area contributed by atoms with E-state index in [-0.39, 0.29) is 11.4 Å². The molecule has 0 bridgehead atoms. The van der Waals surface area contributed by atoms with Gasteiger partial charge in [-0.2, -0.15) is 0 Å². The Bertz CT molecular complexity index is 1050. The fourth-order valence-electron chi connectivity index (χ4n) is 3.45. The van der Waals surface area contributed by atoms with Crippen molar-refractivity contribution in [2.24, 2.45) is 0 Å². The van der Waals surface area contributed by atoms with Crippen LogP contribution in [-0.2, 0) is 12.8 Å². The zero-order valence-electron chi connectivity index (χ0n) is 14.3. The molecule has 0 spiro atoms. The molecule has 1 aromatic heterocycles. The molecular weight excluding hydrogens is 352 g/mol. The molecule has 2 aromatic carbocycles. The maximum Gasteiger partial charge on any atom is 0.339 e. The van der Waals surface area contributed by atoms with Gasteiger partial charge >= 0.3 is 5.63 Å². The number of hydrogen-bond acceptors (Lipinski definition) is 4. The predicted molar refractivity (Wildman–Crippen MR) is 100 cm³/mol. The van der Waals surface area contributed by atoms with Gasteiger partial charge in [0.15, 0.2) is 6.10 Å². The Hall–Kier alpha value is -2.59. The van der Waals surface area contributed by atoms with E-state index in [1.807, 2.05) is 6.07 Å². The maximum absolute atomic E-state index is 12.5. The highest BCUT2D eigenvalue weighted by Gasteiger charge is 2.22. The van der Waals surface area contributed by atoms with Crippen LogP contribution in [0.2, 0.25) is 5.02 Å². The van der Waals surface area contributed by atoms with Gasteiger partial charge in [0.2, 0.25) is 5.78 Å². The molecule has 0 saturated heterocycles. The lowest BCUT2D eigenvalue weighted by Crippen LogP contribution is -2.24. The second kappa shape index (κ2) is 6.61. The van der Waals surface area contributed by atoms with Gasteiger partial charge in [0, 0.05) is 22.6 Å². The molecule has 5 heteroatoms. The van der Waals surface area contributed by atoms with Crippen molar-refractivity contribution in [3.8, 4) is 5.75 Å². The Kier molecular flexibility index (Phi) is 4.29. The average molecular weight is 369 g/mol. The number of fused-ring (bicyclic) bond motifs is 3. The minimum absolute atomic E-state index is 0.142. The van der Waals surface area contributed by atoms with Gasteiger partial charge in [-0.1, -0.05) is 41.9 Å². The van der Waals surface area contributed by atoms with E-state index in [1.165, 1.54) is 0 Å². The normalized spacial score (nSPS) is 14.2. The number of ether oxygens (including phenoxy) is 1. The van der Waals surface area contributed by atoms with E-state index in [0.29, 0.717) is 21.9 Å². The molecule has 0 radical (unpaired) electrons. The molecule has 0 aliphatic heterocycles. The van der Waals surface area contributed by atoms with Crippen LogP contribution in [0.1, 0.15) is 34.8 Å². The lowest BCUT2D eigenvalue weighted by molar-refractivity contribution is 0.0818. The third kappa shape index (κ3) is 2.90. The van der Waals surface area contributed by atoms with E-state index < -0.39 is 6.10 Å². The van der Waals surface area contributed by atoms with Crippen LogP contribution >= 0.6 is 11.6 Å². The topological polar surface area (TPSA) is 56.5 Å². The quantitative estimate of drug-likeness (QED) is 0.499. The molecule has 3 aromatic rings. The minimum atomic E-state index is -0.714. The van der Waals surface area contributed by atoms with Crippen LogP contribution < -0.4 is 10.4 Å². The Morgan fingerprint density at radius 2 is 1.88 bits per heavy atom. The smallest absolute Gasteiger partial charge is 0.339 e. The van der Waals surface area contributed by atoms with Gasteiger partial charge < -0.3 is 9.15 Å². The van der Waals surface area contributed by atoms with Gasteiger partial charge in [-0.15, -0.1) is 0 Å². The molecular formula is C21H17ClO4. The number of ketones is 1. The summed E-state index contributed by atoms with van der Waals surface area (Å²) in [6.07, 6.45) is 1.81. The highest BCUT2D eigenvalue weighted by atomic mass is 35.5. The predicted octanol–water partition coefficient (Wildman–Crippen LogP) is 4.59. The molecule has 0 unspecified atom stereocenters. The first-order valence-electron chi connectivity index (χ1n) is 8.58. The van der Waals surface area contributed by atoms with Crippen LogP contribution in [0.15, 0.2) is 51.7 Å². The first-order chi connectivity index (χ1) is 12.5. The molecule has 132 valence electrons. The van der Waals surface area contributed by atoms with Crippen LogP contribution in [0.5, 0.6) is 5.75 Å². The van der Waals surface area contributed by atoms with E-state index in [9.17, 15) is 9.59 Å². The molecule has 1 heterocycles. The summed E-state index contributed by atoms with van der Waals surface area (Å²) in [6.45, 7) is 1.68. The second-order valence-corrected chi connectivity index (χ2v) is 6.88. The molecule has 4 nitrogen and oxygen atoms in total. The molecule has 0 N–H and O–H groups in total. The summed E-state index contributed by atoms with van der Waals surface area (Å²) in [7, 11) is 0. The van der Waals surface area contributed by atoms with E-state index in [2.05, 4.69) is 0 Å². The summed E-state index contributed by atoms with van der Waals surface area (Å²) in [5.41, 5.74) is 2.47. The molecule has 1 atom stereocenters. The third-order valence-corrected chi connectivity index (χ3v) is 5.05. The lowest BCUT2D eigenvalue weighted by Gasteiger charge is -2.16. The maximum atomic E-state index is 12.5. The number of aryl methyl sites for hydroxylation is 1. The standard InChI is InChI=1S/C21H17ClO4/c1-12(20(23)13-6-3-2-4-7-13)25-19-11-18-16(10-17(19)22)14-8-5-9-15(14)21(24)26-18/h2-4,6-7,10-12H,5,8-9H2,1H3/t12-/m0/s1. The summed E-state index contributed by atoms with van der Waals surface area (Å²) in [6, 6.07) is 12.3. The molecule has 1 aliphatic carbocycles. The third-order valence-electron chi connectivity index (χ3n) is 4.76. The van der Waals surface area contributed by atoms with Gasteiger partial charge in [-0.3, -0.25) is 4.79 Å². The number of Topliss-reactive ketones (excluding diaryl/α,β-unsaturated/α-hetero) is 1. The number of carbonyl (C=O) groups excluding carboxylic acids is 1. The summed E-state index contributed by atoms with van der Waals surface area (Å²) in [5, 5.41) is 1.24. The number of carbonyl (C=O) groups is 1. The summed E-state index contributed by atoms with van der Waals surface area (Å²) in [4.78, 5) is 24.6. The summed E-state index contributed by atoms with van der Waals surface area (Å²) in [5.74, 6) is 0.189. The van der Waals surface area contributed by atoms with E-state index in [0.717, 1.165) is 35.8 Å². The Morgan fingerprint density at radius 1 is 1.15 bits per heavy atom. The van der Waals surface area contributed by atoms with E-state index in [4.69, 9.17) is 20.8 Å².